The minimum Gasteiger partial charge on any atom is -0.462 e. The highest BCUT2D eigenvalue weighted by Gasteiger charge is 2.63. The van der Waals surface area contributed by atoms with Crippen molar-refractivity contribution < 1.29 is 14.3 Å². The third kappa shape index (κ3) is 1.67. The van der Waals surface area contributed by atoms with Gasteiger partial charge in [-0.25, -0.2) is 0 Å². The Balaban J connectivity index is 1.56. The van der Waals surface area contributed by atoms with Crippen molar-refractivity contribution in [2.75, 3.05) is 5.32 Å². The number of carbonyl (C=O) groups is 2. The number of esters is 1. The van der Waals surface area contributed by atoms with E-state index in [1.54, 1.807) is 24.3 Å². The number of nitrogens with one attached hydrogen (secondary N) is 1. The number of fused-ring (bicyclic) bond motifs is 1. The van der Waals surface area contributed by atoms with Gasteiger partial charge in [0.2, 0.25) is 5.91 Å². The van der Waals surface area contributed by atoms with Crippen molar-refractivity contribution in [1.29, 1.82) is 0 Å². The summed E-state index contributed by atoms with van der Waals surface area (Å²) in [6.07, 6.45) is 1.84. The largest absolute Gasteiger partial charge is 0.462 e. The summed E-state index contributed by atoms with van der Waals surface area (Å²) < 4.78 is 5.35. The summed E-state index contributed by atoms with van der Waals surface area (Å²) in [5, 5.41) is 3.46. The molecule has 0 aromatic heterocycles. The van der Waals surface area contributed by atoms with E-state index in [1.165, 1.54) is 0 Å². The van der Waals surface area contributed by atoms with Crippen LogP contribution in [0.1, 0.15) is 12.8 Å². The zero-order valence-electron chi connectivity index (χ0n) is 10.7. The fourth-order valence-electron chi connectivity index (χ4n) is 4.16. The molecule has 2 bridgehead atoms. The Morgan fingerprint density at radius 3 is 3.00 bits per heavy atom. The van der Waals surface area contributed by atoms with Crippen LogP contribution >= 0.6 is 11.6 Å². The van der Waals surface area contributed by atoms with E-state index in [4.69, 9.17) is 16.3 Å². The fraction of sp³-hybridized carbons (Fsp3) is 0.467. The summed E-state index contributed by atoms with van der Waals surface area (Å²) in [6.45, 7) is 0. The van der Waals surface area contributed by atoms with Gasteiger partial charge in [-0.2, -0.15) is 0 Å². The normalized spacial score (nSPS) is 37.0. The zero-order valence-corrected chi connectivity index (χ0v) is 11.5. The summed E-state index contributed by atoms with van der Waals surface area (Å²) in [4.78, 5) is 24.4. The highest BCUT2D eigenvalue weighted by Crippen LogP contribution is 2.57. The van der Waals surface area contributed by atoms with Crippen LogP contribution in [0.5, 0.6) is 0 Å². The molecule has 1 N–H and O–H groups in total. The highest BCUT2D eigenvalue weighted by molar-refractivity contribution is 6.30. The molecular formula is C15H14ClNO3. The number of rotatable bonds is 2. The van der Waals surface area contributed by atoms with E-state index in [2.05, 4.69) is 5.32 Å². The first-order chi connectivity index (χ1) is 9.63. The molecule has 1 amide bonds. The first kappa shape index (κ1) is 12.2. The first-order valence-corrected chi connectivity index (χ1v) is 7.28. The number of anilines is 1. The second-order valence-electron chi connectivity index (χ2n) is 5.92. The average molecular weight is 292 g/mol. The van der Waals surface area contributed by atoms with Crippen molar-refractivity contribution in [3.63, 3.8) is 0 Å². The molecule has 1 aliphatic heterocycles. The third-order valence-electron chi connectivity index (χ3n) is 4.88. The van der Waals surface area contributed by atoms with Crippen molar-refractivity contribution in [3.05, 3.63) is 29.3 Å². The van der Waals surface area contributed by atoms with Crippen LogP contribution in [-0.2, 0) is 14.3 Å². The molecule has 104 valence electrons. The molecular weight excluding hydrogens is 278 g/mol. The molecule has 4 rings (SSSR count). The van der Waals surface area contributed by atoms with E-state index < -0.39 is 0 Å². The van der Waals surface area contributed by atoms with Gasteiger partial charge in [0.15, 0.2) is 0 Å². The van der Waals surface area contributed by atoms with E-state index in [1.807, 2.05) is 0 Å². The van der Waals surface area contributed by atoms with Gasteiger partial charge in [-0.3, -0.25) is 9.59 Å². The van der Waals surface area contributed by atoms with Crippen LogP contribution in [0.2, 0.25) is 5.02 Å². The van der Waals surface area contributed by atoms with E-state index in [0.29, 0.717) is 10.7 Å². The van der Waals surface area contributed by atoms with Crippen LogP contribution in [0.3, 0.4) is 0 Å². The molecule has 3 fully saturated rings. The molecule has 2 aliphatic carbocycles. The van der Waals surface area contributed by atoms with E-state index in [-0.39, 0.29) is 41.7 Å². The number of hydrogen-bond donors (Lipinski definition) is 1. The highest BCUT2D eigenvalue weighted by atomic mass is 35.5. The van der Waals surface area contributed by atoms with Gasteiger partial charge < -0.3 is 10.1 Å². The Hall–Kier alpha value is -1.55. The standard InChI is InChI=1S/C15H14ClNO3/c16-8-2-1-3-9(6-8)17-14(18)12-7-4-10-11(5-7)20-15(19)13(10)12/h1-3,6-7,10-13H,4-5H2,(H,17,18). The number of ether oxygens (including phenoxy) is 1. The lowest BCUT2D eigenvalue weighted by atomic mass is 9.79. The maximum atomic E-state index is 12.5. The van der Waals surface area contributed by atoms with Crippen molar-refractivity contribution in [2.45, 2.75) is 18.9 Å². The molecule has 4 nitrogen and oxygen atoms in total. The van der Waals surface area contributed by atoms with E-state index in [9.17, 15) is 9.59 Å². The Labute approximate surface area is 121 Å². The lowest BCUT2D eigenvalue weighted by Crippen LogP contribution is -2.35. The number of halogens is 1. The molecule has 20 heavy (non-hydrogen) atoms. The average Bonchev–Trinajstić information content (AvgIpc) is 2.99. The van der Waals surface area contributed by atoms with Crippen LogP contribution in [0, 0.1) is 23.7 Å². The Morgan fingerprint density at radius 1 is 1.35 bits per heavy atom. The fourth-order valence-corrected chi connectivity index (χ4v) is 4.35. The third-order valence-corrected chi connectivity index (χ3v) is 5.11. The molecule has 0 radical (unpaired) electrons. The summed E-state index contributed by atoms with van der Waals surface area (Å²) in [7, 11) is 0. The number of carbonyl (C=O) groups excluding carboxylic acids is 2. The zero-order chi connectivity index (χ0) is 13.9. The molecule has 1 heterocycles. The van der Waals surface area contributed by atoms with Gasteiger partial charge in [0.25, 0.3) is 0 Å². The minimum absolute atomic E-state index is 0.0627. The predicted molar refractivity (Wildman–Crippen MR) is 73.2 cm³/mol. The molecule has 3 aliphatic rings. The predicted octanol–water partition coefficient (Wildman–Crippen LogP) is 2.48. The maximum Gasteiger partial charge on any atom is 0.310 e. The molecule has 5 unspecified atom stereocenters. The van der Waals surface area contributed by atoms with Gasteiger partial charge in [-0.15, -0.1) is 0 Å². The van der Waals surface area contributed by atoms with Crippen LogP contribution in [-0.4, -0.2) is 18.0 Å². The second-order valence-corrected chi connectivity index (χ2v) is 6.36. The Bertz CT molecular complexity index is 601. The molecule has 1 aromatic rings. The van der Waals surface area contributed by atoms with Gasteiger partial charge in [0.1, 0.15) is 6.10 Å². The topological polar surface area (TPSA) is 55.4 Å². The van der Waals surface area contributed by atoms with Gasteiger partial charge in [-0.05, 0) is 37.0 Å². The number of benzene rings is 1. The first-order valence-electron chi connectivity index (χ1n) is 6.90. The Kier molecular flexibility index (Phi) is 2.58. The monoisotopic (exact) mass is 291 g/mol. The van der Waals surface area contributed by atoms with Crippen LogP contribution in [0.25, 0.3) is 0 Å². The summed E-state index contributed by atoms with van der Waals surface area (Å²) in [5.41, 5.74) is 0.674. The van der Waals surface area contributed by atoms with Crippen LogP contribution in [0.15, 0.2) is 24.3 Å². The number of amides is 1. The maximum absolute atomic E-state index is 12.5. The molecule has 2 saturated carbocycles. The SMILES string of the molecule is O=C(Nc1cccc(Cl)c1)C1C2CC3OC(=O)C1C3C2. The lowest BCUT2D eigenvalue weighted by Gasteiger charge is -2.23. The summed E-state index contributed by atoms with van der Waals surface area (Å²) in [5.74, 6) is -0.222. The van der Waals surface area contributed by atoms with Gasteiger partial charge in [-0.1, -0.05) is 17.7 Å². The van der Waals surface area contributed by atoms with Crippen LogP contribution in [0.4, 0.5) is 5.69 Å². The summed E-state index contributed by atoms with van der Waals surface area (Å²) >= 11 is 5.91. The van der Waals surface area contributed by atoms with Gasteiger partial charge in [0.05, 0.1) is 11.8 Å². The van der Waals surface area contributed by atoms with E-state index in [0.717, 1.165) is 12.8 Å². The van der Waals surface area contributed by atoms with Crippen molar-refractivity contribution in [3.8, 4) is 0 Å². The quantitative estimate of drug-likeness (QED) is 0.852. The molecule has 5 atom stereocenters. The summed E-state index contributed by atoms with van der Waals surface area (Å²) in [6, 6.07) is 7.06. The van der Waals surface area contributed by atoms with Crippen molar-refractivity contribution >= 4 is 29.2 Å². The minimum atomic E-state index is -0.245. The van der Waals surface area contributed by atoms with Crippen molar-refractivity contribution in [1.82, 2.24) is 0 Å². The second kappa shape index (κ2) is 4.22. The Morgan fingerprint density at radius 2 is 2.20 bits per heavy atom. The van der Waals surface area contributed by atoms with Crippen molar-refractivity contribution in [2.24, 2.45) is 23.7 Å². The van der Waals surface area contributed by atoms with Gasteiger partial charge in [0, 0.05) is 16.6 Å². The molecule has 1 saturated heterocycles. The van der Waals surface area contributed by atoms with Gasteiger partial charge >= 0.3 is 5.97 Å². The molecule has 5 heteroatoms. The molecule has 0 spiro atoms. The van der Waals surface area contributed by atoms with Crippen LogP contribution < -0.4 is 5.32 Å². The molecule has 1 aromatic carbocycles. The smallest absolute Gasteiger partial charge is 0.310 e. The van der Waals surface area contributed by atoms with E-state index >= 15 is 0 Å². The number of hydrogen-bond acceptors (Lipinski definition) is 3. The lowest BCUT2D eigenvalue weighted by molar-refractivity contribution is -0.145.